The maximum absolute atomic E-state index is 11.5. The summed E-state index contributed by atoms with van der Waals surface area (Å²) in [6.07, 6.45) is 0.953. The van der Waals surface area contributed by atoms with Crippen LogP contribution in [0.3, 0.4) is 0 Å². The predicted molar refractivity (Wildman–Crippen MR) is 72.9 cm³/mol. The second-order valence-electron chi connectivity index (χ2n) is 3.72. The van der Waals surface area contributed by atoms with Crippen molar-refractivity contribution < 1.29 is 14.7 Å². The molecular formula is C12H15BrN2O3. The molecule has 0 heterocycles. The molecule has 0 aliphatic carbocycles. The van der Waals surface area contributed by atoms with E-state index in [2.05, 4.69) is 26.6 Å². The molecule has 1 aromatic rings. The fourth-order valence-corrected chi connectivity index (χ4v) is 1.77. The third-order valence-electron chi connectivity index (χ3n) is 2.19. The van der Waals surface area contributed by atoms with Crippen LogP contribution in [0.1, 0.15) is 23.7 Å². The fraction of sp³-hybridized carbons (Fsp3) is 0.333. The summed E-state index contributed by atoms with van der Waals surface area (Å²) in [7, 11) is 0. The summed E-state index contributed by atoms with van der Waals surface area (Å²) in [5.41, 5.74) is 0.591. The van der Waals surface area contributed by atoms with Gasteiger partial charge in [0, 0.05) is 10.2 Å². The maximum Gasteiger partial charge on any atom is 0.336 e. The number of hydrogen-bond donors (Lipinski definition) is 3. The maximum atomic E-state index is 11.5. The third kappa shape index (κ3) is 4.46. The lowest BCUT2D eigenvalue weighted by atomic mass is 10.2. The molecule has 6 heteroatoms. The Labute approximate surface area is 114 Å². The van der Waals surface area contributed by atoms with E-state index in [9.17, 15) is 9.59 Å². The zero-order chi connectivity index (χ0) is 13.5. The zero-order valence-corrected chi connectivity index (χ0v) is 11.6. The van der Waals surface area contributed by atoms with Crippen LogP contribution < -0.4 is 10.6 Å². The molecule has 0 bridgehead atoms. The molecule has 1 rings (SSSR count). The number of benzene rings is 1. The van der Waals surface area contributed by atoms with Gasteiger partial charge in [-0.05, 0) is 47.1 Å². The van der Waals surface area contributed by atoms with Gasteiger partial charge in [-0.1, -0.05) is 6.92 Å². The molecule has 0 saturated carbocycles. The van der Waals surface area contributed by atoms with E-state index in [1.54, 1.807) is 12.1 Å². The number of anilines is 1. The van der Waals surface area contributed by atoms with Gasteiger partial charge in [-0.25, -0.2) is 4.79 Å². The van der Waals surface area contributed by atoms with Crippen molar-refractivity contribution in [2.45, 2.75) is 13.3 Å². The number of carbonyl (C=O) groups excluding carboxylic acids is 1. The van der Waals surface area contributed by atoms with Gasteiger partial charge in [0.1, 0.15) is 0 Å². The average molecular weight is 315 g/mol. The van der Waals surface area contributed by atoms with Gasteiger partial charge >= 0.3 is 5.97 Å². The van der Waals surface area contributed by atoms with Gasteiger partial charge in [-0.15, -0.1) is 0 Å². The lowest BCUT2D eigenvalue weighted by Gasteiger charge is -2.07. The standard InChI is InChI=1S/C12H15BrN2O3/c1-2-5-14-7-11(16)15-8-3-4-10(13)9(6-8)12(17)18/h3-4,6,14H,2,5,7H2,1H3,(H,15,16)(H,17,18). The van der Waals surface area contributed by atoms with E-state index in [1.807, 2.05) is 6.92 Å². The minimum absolute atomic E-state index is 0.120. The molecule has 1 amide bonds. The third-order valence-corrected chi connectivity index (χ3v) is 2.88. The Bertz CT molecular complexity index is 449. The molecular weight excluding hydrogens is 300 g/mol. The average Bonchev–Trinajstić information content (AvgIpc) is 2.31. The van der Waals surface area contributed by atoms with Gasteiger partial charge in [0.15, 0.2) is 0 Å². The molecule has 0 atom stereocenters. The van der Waals surface area contributed by atoms with Crippen LogP contribution in [0.25, 0.3) is 0 Å². The van der Waals surface area contributed by atoms with Crippen molar-refractivity contribution in [2.75, 3.05) is 18.4 Å². The molecule has 0 aliphatic heterocycles. The zero-order valence-electron chi connectivity index (χ0n) is 10.00. The Morgan fingerprint density at radius 3 is 2.72 bits per heavy atom. The molecule has 0 aromatic heterocycles. The first-order valence-electron chi connectivity index (χ1n) is 5.58. The number of amides is 1. The first kappa shape index (κ1) is 14.7. The number of carboxylic acids is 1. The summed E-state index contributed by atoms with van der Waals surface area (Å²) >= 11 is 3.14. The highest BCUT2D eigenvalue weighted by Gasteiger charge is 2.10. The topological polar surface area (TPSA) is 78.4 Å². The van der Waals surface area contributed by atoms with Gasteiger partial charge in [0.25, 0.3) is 0 Å². The predicted octanol–water partition coefficient (Wildman–Crippen LogP) is 2.09. The lowest BCUT2D eigenvalue weighted by Crippen LogP contribution is -2.28. The Morgan fingerprint density at radius 1 is 1.39 bits per heavy atom. The normalized spacial score (nSPS) is 10.1. The Morgan fingerprint density at radius 2 is 2.11 bits per heavy atom. The molecule has 0 aliphatic rings. The number of nitrogens with one attached hydrogen (secondary N) is 2. The molecule has 1 aromatic carbocycles. The van der Waals surface area contributed by atoms with Crippen LogP contribution in [0.4, 0.5) is 5.69 Å². The van der Waals surface area contributed by atoms with Crippen LogP contribution in [-0.2, 0) is 4.79 Å². The summed E-state index contributed by atoms with van der Waals surface area (Å²) < 4.78 is 0.483. The number of rotatable bonds is 6. The van der Waals surface area contributed by atoms with Gasteiger partial charge < -0.3 is 15.7 Å². The number of carbonyl (C=O) groups is 2. The van der Waals surface area contributed by atoms with E-state index in [4.69, 9.17) is 5.11 Å². The van der Waals surface area contributed by atoms with Gasteiger partial charge in [0.05, 0.1) is 12.1 Å². The molecule has 3 N–H and O–H groups in total. The second kappa shape index (κ2) is 7.13. The van der Waals surface area contributed by atoms with Gasteiger partial charge in [-0.3, -0.25) is 4.79 Å². The van der Waals surface area contributed by atoms with E-state index >= 15 is 0 Å². The van der Waals surface area contributed by atoms with Crippen LogP contribution >= 0.6 is 15.9 Å². The fourth-order valence-electron chi connectivity index (χ4n) is 1.35. The van der Waals surface area contributed by atoms with Gasteiger partial charge in [0.2, 0.25) is 5.91 Å². The summed E-state index contributed by atoms with van der Waals surface area (Å²) in [6, 6.07) is 4.66. The summed E-state index contributed by atoms with van der Waals surface area (Å²) in [4.78, 5) is 22.4. The highest BCUT2D eigenvalue weighted by Crippen LogP contribution is 2.21. The summed E-state index contributed by atoms with van der Waals surface area (Å²) in [6.45, 7) is 3.00. The lowest BCUT2D eigenvalue weighted by molar-refractivity contribution is -0.115. The van der Waals surface area contributed by atoms with E-state index in [0.717, 1.165) is 13.0 Å². The number of halogens is 1. The van der Waals surface area contributed by atoms with Crippen molar-refractivity contribution in [1.29, 1.82) is 0 Å². The van der Waals surface area contributed by atoms with Crippen LogP contribution in [0.2, 0.25) is 0 Å². The largest absolute Gasteiger partial charge is 0.478 e. The summed E-state index contributed by atoms with van der Waals surface area (Å²) in [5, 5.41) is 14.5. The first-order valence-corrected chi connectivity index (χ1v) is 6.37. The van der Waals surface area contributed by atoms with Crippen LogP contribution in [-0.4, -0.2) is 30.1 Å². The number of carboxylic acid groups (broad SMARTS) is 1. The van der Waals surface area contributed by atoms with E-state index < -0.39 is 5.97 Å². The van der Waals surface area contributed by atoms with Crippen molar-refractivity contribution >= 4 is 33.5 Å². The molecule has 0 spiro atoms. The van der Waals surface area contributed by atoms with E-state index in [-0.39, 0.29) is 18.0 Å². The van der Waals surface area contributed by atoms with Crippen LogP contribution in [0.5, 0.6) is 0 Å². The summed E-state index contributed by atoms with van der Waals surface area (Å²) in [5.74, 6) is -1.23. The SMILES string of the molecule is CCCNCC(=O)Nc1ccc(Br)c(C(=O)O)c1. The molecule has 0 unspecified atom stereocenters. The van der Waals surface area contributed by atoms with Crippen molar-refractivity contribution in [1.82, 2.24) is 5.32 Å². The molecule has 5 nitrogen and oxygen atoms in total. The Kier molecular flexibility index (Phi) is 5.80. The van der Waals surface area contributed by atoms with Crippen LogP contribution in [0.15, 0.2) is 22.7 Å². The molecule has 0 radical (unpaired) electrons. The number of aromatic carboxylic acids is 1. The van der Waals surface area contributed by atoms with Crippen molar-refractivity contribution in [3.05, 3.63) is 28.2 Å². The smallest absolute Gasteiger partial charge is 0.336 e. The van der Waals surface area contributed by atoms with E-state index in [1.165, 1.54) is 6.07 Å². The van der Waals surface area contributed by atoms with Crippen molar-refractivity contribution in [3.8, 4) is 0 Å². The monoisotopic (exact) mass is 314 g/mol. The van der Waals surface area contributed by atoms with Gasteiger partial charge in [-0.2, -0.15) is 0 Å². The van der Waals surface area contributed by atoms with Crippen molar-refractivity contribution in [3.63, 3.8) is 0 Å². The second-order valence-corrected chi connectivity index (χ2v) is 4.58. The Balaban J connectivity index is 2.65. The number of hydrogen-bond acceptors (Lipinski definition) is 3. The minimum atomic E-state index is -1.04. The van der Waals surface area contributed by atoms with E-state index in [0.29, 0.717) is 10.2 Å². The Hall–Kier alpha value is -1.40. The first-order chi connectivity index (χ1) is 8.54. The van der Waals surface area contributed by atoms with Crippen LogP contribution in [0, 0.1) is 0 Å². The molecule has 0 saturated heterocycles. The van der Waals surface area contributed by atoms with Crippen molar-refractivity contribution in [2.24, 2.45) is 0 Å². The molecule has 0 fully saturated rings. The molecule has 98 valence electrons. The highest BCUT2D eigenvalue weighted by atomic mass is 79.9. The highest BCUT2D eigenvalue weighted by molar-refractivity contribution is 9.10. The molecule has 18 heavy (non-hydrogen) atoms. The quantitative estimate of drug-likeness (QED) is 0.702. The minimum Gasteiger partial charge on any atom is -0.478 e.